The molecule has 0 aliphatic carbocycles. The molecule has 0 saturated carbocycles. The second-order valence-electron chi connectivity index (χ2n) is 7.66. The number of aromatic nitrogens is 1. The van der Waals surface area contributed by atoms with E-state index in [9.17, 15) is 4.79 Å². The number of amides is 1. The Morgan fingerprint density at radius 2 is 2.07 bits per heavy atom. The van der Waals surface area contributed by atoms with Crippen LogP contribution in [-0.2, 0) is 16.0 Å². The number of thiazole rings is 1. The first-order valence-electron chi connectivity index (χ1n) is 10.0. The summed E-state index contributed by atoms with van der Waals surface area (Å²) in [7, 11) is 0. The van der Waals surface area contributed by atoms with Gasteiger partial charge in [0.05, 0.1) is 28.4 Å². The number of benzene rings is 1. The summed E-state index contributed by atoms with van der Waals surface area (Å²) in [6.45, 7) is 8.74. The number of morpholine rings is 1. The number of hydrogen-bond donors (Lipinski definition) is 1. The number of nitrogens with one attached hydrogen (secondary N) is 1. The monoisotopic (exact) mass is 389 g/mol. The van der Waals surface area contributed by atoms with Crippen LogP contribution in [0.15, 0.2) is 24.3 Å². The molecule has 148 valence electrons. The second-order valence-corrected chi connectivity index (χ2v) is 8.78. The van der Waals surface area contributed by atoms with Gasteiger partial charge in [0, 0.05) is 32.1 Å². The van der Waals surface area contributed by atoms with E-state index < -0.39 is 0 Å². The molecule has 0 spiro atoms. The zero-order valence-electron chi connectivity index (χ0n) is 16.4. The molecular weight excluding hydrogens is 358 g/mol. The van der Waals surface area contributed by atoms with E-state index in [2.05, 4.69) is 35.1 Å². The number of carbonyl (C=O) groups excluding carboxylic acids is 1. The van der Waals surface area contributed by atoms with Crippen LogP contribution in [-0.4, -0.2) is 54.7 Å². The van der Waals surface area contributed by atoms with Crippen molar-refractivity contribution in [1.29, 1.82) is 0 Å². The first-order valence-corrected chi connectivity index (χ1v) is 10.9. The van der Waals surface area contributed by atoms with Crippen LogP contribution in [0.1, 0.15) is 38.1 Å². The highest BCUT2D eigenvalue weighted by atomic mass is 32.1. The van der Waals surface area contributed by atoms with E-state index >= 15 is 0 Å². The lowest BCUT2D eigenvalue weighted by molar-refractivity contribution is -0.121. The van der Waals surface area contributed by atoms with Crippen LogP contribution in [0, 0.1) is 5.92 Å². The standard InChI is InChI=1S/C21H31N3O2S/c1-16(2)14-17(24-10-12-26-13-11-24)15-22-20(25)8-5-9-21-23-18-6-3-4-7-19(18)27-21/h3-4,6-7,16-17H,5,8-15H2,1-2H3,(H,22,25). The smallest absolute Gasteiger partial charge is 0.220 e. The molecule has 3 rings (SSSR count). The average Bonchev–Trinajstić information content (AvgIpc) is 3.08. The van der Waals surface area contributed by atoms with E-state index in [1.165, 1.54) is 4.70 Å². The summed E-state index contributed by atoms with van der Waals surface area (Å²) in [4.78, 5) is 19.4. The van der Waals surface area contributed by atoms with Crippen LogP contribution in [0.3, 0.4) is 0 Å². The van der Waals surface area contributed by atoms with Crippen molar-refractivity contribution >= 4 is 27.5 Å². The average molecular weight is 390 g/mol. The summed E-state index contributed by atoms with van der Waals surface area (Å²) in [6.07, 6.45) is 3.38. The van der Waals surface area contributed by atoms with Gasteiger partial charge in [-0.3, -0.25) is 9.69 Å². The Kier molecular flexibility index (Phi) is 7.61. The van der Waals surface area contributed by atoms with Gasteiger partial charge in [0.15, 0.2) is 0 Å². The van der Waals surface area contributed by atoms with Gasteiger partial charge in [-0.15, -0.1) is 11.3 Å². The van der Waals surface area contributed by atoms with E-state index in [1.54, 1.807) is 11.3 Å². The third-order valence-electron chi connectivity index (χ3n) is 4.97. The molecule has 6 heteroatoms. The molecule has 2 aromatic rings. The third-order valence-corrected chi connectivity index (χ3v) is 6.07. The van der Waals surface area contributed by atoms with Crippen LogP contribution >= 0.6 is 11.3 Å². The zero-order valence-corrected chi connectivity index (χ0v) is 17.3. The van der Waals surface area contributed by atoms with E-state index in [0.717, 1.165) is 62.6 Å². The lowest BCUT2D eigenvalue weighted by atomic mass is 10.0. The molecule has 1 saturated heterocycles. The molecule has 27 heavy (non-hydrogen) atoms. The second kappa shape index (κ2) is 10.2. The van der Waals surface area contributed by atoms with Crippen molar-refractivity contribution in [3.63, 3.8) is 0 Å². The maximum Gasteiger partial charge on any atom is 0.220 e. The molecule has 1 aliphatic rings. The third kappa shape index (κ3) is 6.26. The molecular formula is C21H31N3O2S. The number of fused-ring (bicyclic) bond motifs is 1. The Morgan fingerprint density at radius 3 is 2.81 bits per heavy atom. The first kappa shape index (κ1) is 20.2. The maximum absolute atomic E-state index is 12.3. The molecule has 1 unspecified atom stereocenters. The molecule has 1 atom stereocenters. The largest absolute Gasteiger partial charge is 0.379 e. The number of para-hydroxylation sites is 1. The van der Waals surface area contributed by atoms with Crippen molar-refractivity contribution in [1.82, 2.24) is 15.2 Å². The molecule has 0 radical (unpaired) electrons. The summed E-state index contributed by atoms with van der Waals surface area (Å²) >= 11 is 1.73. The summed E-state index contributed by atoms with van der Waals surface area (Å²) in [6, 6.07) is 8.61. The highest BCUT2D eigenvalue weighted by Crippen LogP contribution is 2.22. The summed E-state index contributed by atoms with van der Waals surface area (Å²) in [5.41, 5.74) is 1.06. The highest BCUT2D eigenvalue weighted by molar-refractivity contribution is 7.18. The Bertz CT molecular complexity index is 692. The molecule has 0 bridgehead atoms. The summed E-state index contributed by atoms with van der Waals surface area (Å²) in [5.74, 6) is 0.770. The Balaban J connectivity index is 1.41. The van der Waals surface area contributed by atoms with E-state index in [4.69, 9.17) is 4.74 Å². The Hall–Kier alpha value is -1.50. The van der Waals surface area contributed by atoms with Gasteiger partial charge in [-0.1, -0.05) is 26.0 Å². The van der Waals surface area contributed by atoms with Gasteiger partial charge in [0.25, 0.3) is 0 Å². The minimum Gasteiger partial charge on any atom is -0.379 e. The van der Waals surface area contributed by atoms with Gasteiger partial charge < -0.3 is 10.1 Å². The van der Waals surface area contributed by atoms with Crippen molar-refractivity contribution < 1.29 is 9.53 Å². The molecule has 1 amide bonds. The van der Waals surface area contributed by atoms with Crippen LogP contribution < -0.4 is 5.32 Å². The molecule has 1 aliphatic heterocycles. The van der Waals surface area contributed by atoms with Gasteiger partial charge in [0.1, 0.15) is 0 Å². The van der Waals surface area contributed by atoms with Gasteiger partial charge >= 0.3 is 0 Å². The first-order chi connectivity index (χ1) is 13.1. The molecule has 1 fully saturated rings. The summed E-state index contributed by atoms with van der Waals surface area (Å²) < 4.78 is 6.68. The minimum atomic E-state index is 0.151. The Labute approximate surface area is 166 Å². The van der Waals surface area contributed by atoms with Crippen molar-refractivity contribution in [3.05, 3.63) is 29.3 Å². The molecule has 1 aromatic carbocycles. The van der Waals surface area contributed by atoms with E-state index in [-0.39, 0.29) is 5.91 Å². The fourth-order valence-electron chi connectivity index (χ4n) is 3.60. The van der Waals surface area contributed by atoms with E-state index in [0.29, 0.717) is 18.4 Å². The number of carbonyl (C=O) groups is 1. The molecule has 1 aromatic heterocycles. The van der Waals surface area contributed by atoms with Crippen LogP contribution in [0.4, 0.5) is 0 Å². The predicted molar refractivity (Wildman–Crippen MR) is 111 cm³/mol. The minimum absolute atomic E-state index is 0.151. The summed E-state index contributed by atoms with van der Waals surface area (Å²) in [5, 5.41) is 4.28. The molecule has 1 N–H and O–H groups in total. The van der Waals surface area contributed by atoms with Gasteiger partial charge in [0.2, 0.25) is 5.91 Å². The zero-order chi connectivity index (χ0) is 19.1. The topological polar surface area (TPSA) is 54.5 Å². The quantitative estimate of drug-likeness (QED) is 0.713. The van der Waals surface area contributed by atoms with Crippen LogP contribution in [0.25, 0.3) is 10.2 Å². The lowest BCUT2D eigenvalue weighted by Crippen LogP contribution is -2.49. The number of nitrogens with zero attached hydrogens (tertiary/aromatic N) is 2. The normalized spacial score (nSPS) is 16.7. The Morgan fingerprint density at radius 1 is 1.30 bits per heavy atom. The predicted octanol–water partition coefficient (Wildman–Crippen LogP) is 3.48. The maximum atomic E-state index is 12.3. The van der Waals surface area contributed by atoms with Crippen molar-refractivity contribution in [2.45, 2.75) is 45.6 Å². The highest BCUT2D eigenvalue weighted by Gasteiger charge is 2.22. The fraction of sp³-hybridized carbons (Fsp3) is 0.619. The lowest BCUT2D eigenvalue weighted by Gasteiger charge is -2.35. The number of aryl methyl sites for hydroxylation is 1. The van der Waals surface area contributed by atoms with Gasteiger partial charge in [-0.05, 0) is 37.3 Å². The van der Waals surface area contributed by atoms with Crippen LogP contribution in [0.2, 0.25) is 0 Å². The molecule has 5 nitrogen and oxygen atoms in total. The number of ether oxygens (including phenoxy) is 1. The number of hydrogen-bond acceptors (Lipinski definition) is 5. The van der Waals surface area contributed by atoms with Gasteiger partial charge in [-0.2, -0.15) is 0 Å². The van der Waals surface area contributed by atoms with Gasteiger partial charge in [-0.25, -0.2) is 4.98 Å². The number of rotatable bonds is 9. The fourth-order valence-corrected chi connectivity index (χ4v) is 4.60. The van der Waals surface area contributed by atoms with Crippen molar-refractivity contribution in [2.75, 3.05) is 32.8 Å². The van der Waals surface area contributed by atoms with Crippen molar-refractivity contribution in [2.24, 2.45) is 5.92 Å². The van der Waals surface area contributed by atoms with E-state index in [1.807, 2.05) is 18.2 Å². The SMILES string of the molecule is CC(C)CC(CNC(=O)CCCc1nc2ccccc2s1)N1CCOCC1. The molecule has 2 heterocycles. The van der Waals surface area contributed by atoms with Crippen LogP contribution in [0.5, 0.6) is 0 Å². The van der Waals surface area contributed by atoms with Crippen molar-refractivity contribution in [3.8, 4) is 0 Å².